The third kappa shape index (κ3) is 5.30. The molecule has 0 saturated carbocycles. The van der Waals surface area contributed by atoms with Gasteiger partial charge in [-0.1, -0.05) is 0 Å². The minimum Gasteiger partial charge on any atom is -0.461 e. The summed E-state index contributed by atoms with van der Waals surface area (Å²) in [4.78, 5) is 22.3. The van der Waals surface area contributed by atoms with E-state index in [0.29, 0.717) is 36.5 Å². The molecule has 27 heavy (non-hydrogen) atoms. The number of amides is 1. The molecule has 1 saturated heterocycles. The molecule has 0 bridgehead atoms. The Labute approximate surface area is 157 Å². The van der Waals surface area contributed by atoms with Crippen molar-refractivity contribution in [2.75, 3.05) is 33.7 Å². The number of carbonyl (C=O) groups is 1. The Morgan fingerprint density at radius 3 is 2.93 bits per heavy atom. The predicted molar refractivity (Wildman–Crippen MR) is 101 cm³/mol. The minimum absolute atomic E-state index is 0.0554. The van der Waals surface area contributed by atoms with Crippen molar-refractivity contribution in [1.82, 2.24) is 36.0 Å². The van der Waals surface area contributed by atoms with Crippen LogP contribution in [0.5, 0.6) is 0 Å². The summed E-state index contributed by atoms with van der Waals surface area (Å²) in [7, 11) is 3.41. The summed E-state index contributed by atoms with van der Waals surface area (Å²) in [5.74, 6) is 2.63. The fraction of sp³-hybridized carbons (Fsp3) is 0.529. The van der Waals surface area contributed by atoms with Crippen molar-refractivity contribution in [3.8, 4) is 11.6 Å². The standard InChI is InChI=1S/C17H26N8O2/c1-18-15(26)11-25-7-5-12(6-8-25)21-17(19-2)20-10-14-22-16(24-23-14)13-4-3-9-27-13/h3-4,9,12H,5-8,10-11H2,1-2H3,(H,18,26)(H2,19,20,21)(H,22,23,24). The largest absolute Gasteiger partial charge is 0.461 e. The van der Waals surface area contributed by atoms with E-state index in [2.05, 4.69) is 41.0 Å². The maximum Gasteiger partial charge on any atom is 0.233 e. The second-order valence-corrected chi connectivity index (χ2v) is 6.38. The average molecular weight is 374 g/mol. The molecule has 1 fully saturated rings. The van der Waals surface area contributed by atoms with E-state index in [-0.39, 0.29) is 5.91 Å². The monoisotopic (exact) mass is 374 g/mol. The summed E-state index contributed by atoms with van der Waals surface area (Å²) in [5, 5.41) is 16.4. The number of furan rings is 1. The summed E-state index contributed by atoms with van der Waals surface area (Å²) in [6.45, 7) is 2.70. The Morgan fingerprint density at radius 1 is 1.44 bits per heavy atom. The average Bonchev–Trinajstić information content (AvgIpc) is 3.38. The van der Waals surface area contributed by atoms with E-state index in [4.69, 9.17) is 4.42 Å². The van der Waals surface area contributed by atoms with Gasteiger partial charge in [0.25, 0.3) is 0 Å². The van der Waals surface area contributed by atoms with E-state index in [0.717, 1.165) is 31.9 Å². The van der Waals surface area contributed by atoms with Crippen molar-refractivity contribution in [3.63, 3.8) is 0 Å². The first-order valence-corrected chi connectivity index (χ1v) is 9.03. The fourth-order valence-corrected chi connectivity index (χ4v) is 2.96. The van der Waals surface area contributed by atoms with E-state index in [9.17, 15) is 4.79 Å². The number of aromatic amines is 1. The van der Waals surface area contributed by atoms with E-state index >= 15 is 0 Å². The number of hydrogen-bond donors (Lipinski definition) is 4. The van der Waals surface area contributed by atoms with Gasteiger partial charge in [-0.15, -0.1) is 5.10 Å². The van der Waals surface area contributed by atoms with Gasteiger partial charge in [0.05, 0.1) is 19.4 Å². The summed E-state index contributed by atoms with van der Waals surface area (Å²) >= 11 is 0. The highest BCUT2D eigenvalue weighted by Crippen LogP contribution is 2.14. The third-order valence-electron chi connectivity index (χ3n) is 4.49. The highest BCUT2D eigenvalue weighted by Gasteiger charge is 2.21. The number of guanidine groups is 1. The lowest BCUT2D eigenvalue weighted by atomic mass is 10.1. The summed E-state index contributed by atoms with van der Waals surface area (Å²) in [6.07, 6.45) is 3.51. The van der Waals surface area contributed by atoms with Crippen molar-refractivity contribution in [2.45, 2.75) is 25.4 Å². The number of nitrogens with zero attached hydrogens (tertiary/aromatic N) is 4. The number of hydrogen-bond acceptors (Lipinski definition) is 6. The number of nitrogens with one attached hydrogen (secondary N) is 4. The lowest BCUT2D eigenvalue weighted by molar-refractivity contribution is -0.122. The van der Waals surface area contributed by atoms with Gasteiger partial charge in [0.1, 0.15) is 5.82 Å². The Kier molecular flexibility index (Phi) is 6.42. The van der Waals surface area contributed by atoms with E-state index in [1.165, 1.54) is 0 Å². The molecule has 3 heterocycles. The topological polar surface area (TPSA) is 123 Å². The third-order valence-corrected chi connectivity index (χ3v) is 4.49. The quantitative estimate of drug-likeness (QED) is 0.412. The number of aromatic nitrogens is 3. The first kappa shape index (κ1) is 18.9. The lowest BCUT2D eigenvalue weighted by Crippen LogP contribution is -2.49. The first-order valence-electron chi connectivity index (χ1n) is 9.03. The lowest BCUT2D eigenvalue weighted by Gasteiger charge is -2.32. The minimum atomic E-state index is 0.0554. The molecule has 10 heteroatoms. The van der Waals surface area contributed by atoms with Gasteiger partial charge in [0, 0.05) is 33.2 Å². The Balaban J connectivity index is 1.43. The smallest absolute Gasteiger partial charge is 0.233 e. The molecule has 3 rings (SSSR count). The fourth-order valence-electron chi connectivity index (χ4n) is 2.96. The first-order chi connectivity index (χ1) is 13.2. The van der Waals surface area contributed by atoms with Crippen LogP contribution < -0.4 is 16.0 Å². The van der Waals surface area contributed by atoms with Gasteiger partial charge in [0.2, 0.25) is 11.7 Å². The second-order valence-electron chi connectivity index (χ2n) is 6.38. The summed E-state index contributed by atoms with van der Waals surface area (Å²) in [6, 6.07) is 3.94. The predicted octanol–water partition coefficient (Wildman–Crippen LogP) is -0.0599. The molecule has 146 valence electrons. The molecule has 1 amide bonds. The molecule has 0 atom stereocenters. The molecule has 0 radical (unpaired) electrons. The summed E-state index contributed by atoms with van der Waals surface area (Å²) < 4.78 is 5.29. The van der Waals surface area contributed by atoms with Crippen molar-refractivity contribution in [3.05, 3.63) is 24.2 Å². The Hall–Kier alpha value is -2.88. The SMILES string of the molecule is CN=C(NCc1nc(-c2ccco2)n[nH]1)NC1CCN(CC(=O)NC)CC1. The van der Waals surface area contributed by atoms with Crippen LogP contribution in [0.1, 0.15) is 18.7 Å². The number of H-pyrrole nitrogens is 1. The van der Waals surface area contributed by atoms with Crippen LogP contribution >= 0.6 is 0 Å². The highest BCUT2D eigenvalue weighted by atomic mass is 16.3. The highest BCUT2D eigenvalue weighted by molar-refractivity contribution is 5.80. The van der Waals surface area contributed by atoms with Crippen LogP contribution in [0, 0.1) is 0 Å². The number of likely N-dealkylation sites (N-methyl/N-ethyl adjacent to an activating group) is 1. The van der Waals surface area contributed by atoms with Crippen molar-refractivity contribution in [1.29, 1.82) is 0 Å². The molecule has 0 spiro atoms. The number of rotatable bonds is 6. The van der Waals surface area contributed by atoms with Crippen molar-refractivity contribution < 1.29 is 9.21 Å². The zero-order chi connectivity index (χ0) is 19.1. The molecule has 2 aromatic rings. The molecular formula is C17H26N8O2. The molecule has 10 nitrogen and oxygen atoms in total. The molecule has 0 unspecified atom stereocenters. The summed E-state index contributed by atoms with van der Waals surface area (Å²) in [5.41, 5.74) is 0. The van der Waals surface area contributed by atoms with Gasteiger partial charge in [-0.25, -0.2) is 4.98 Å². The van der Waals surface area contributed by atoms with Crippen molar-refractivity contribution >= 4 is 11.9 Å². The van der Waals surface area contributed by atoms with Crippen LogP contribution in [0.2, 0.25) is 0 Å². The van der Waals surface area contributed by atoms with E-state index < -0.39 is 0 Å². The zero-order valence-electron chi connectivity index (χ0n) is 15.7. The second kappa shape index (κ2) is 9.17. The van der Waals surface area contributed by atoms with E-state index in [1.54, 1.807) is 26.4 Å². The number of aliphatic imine (C=N–C) groups is 1. The van der Waals surface area contributed by atoms with Gasteiger partial charge in [0.15, 0.2) is 11.7 Å². The van der Waals surface area contributed by atoms with Crippen molar-refractivity contribution in [2.24, 2.45) is 4.99 Å². The maximum absolute atomic E-state index is 11.5. The van der Waals surface area contributed by atoms with Gasteiger partial charge in [-0.05, 0) is 25.0 Å². The number of carbonyl (C=O) groups excluding carboxylic acids is 1. The van der Waals surface area contributed by atoms with Gasteiger partial charge in [-0.2, -0.15) is 0 Å². The molecule has 0 aliphatic carbocycles. The molecule has 0 aromatic carbocycles. The molecule has 1 aliphatic heterocycles. The van der Waals surface area contributed by atoms with Crippen LogP contribution in [0.3, 0.4) is 0 Å². The molecule has 2 aromatic heterocycles. The van der Waals surface area contributed by atoms with Gasteiger partial charge in [-0.3, -0.25) is 19.8 Å². The molecule has 1 aliphatic rings. The van der Waals surface area contributed by atoms with Crippen LogP contribution in [-0.4, -0.2) is 71.7 Å². The zero-order valence-corrected chi connectivity index (χ0v) is 15.7. The van der Waals surface area contributed by atoms with Gasteiger partial charge >= 0.3 is 0 Å². The van der Waals surface area contributed by atoms with Crippen LogP contribution in [-0.2, 0) is 11.3 Å². The van der Waals surface area contributed by atoms with E-state index in [1.807, 2.05) is 6.07 Å². The number of piperidine rings is 1. The van der Waals surface area contributed by atoms with Crippen LogP contribution in [0.4, 0.5) is 0 Å². The Bertz CT molecular complexity index is 747. The Morgan fingerprint density at radius 2 is 2.26 bits per heavy atom. The molecule has 4 N–H and O–H groups in total. The number of likely N-dealkylation sites (tertiary alicyclic amines) is 1. The normalized spacial score (nSPS) is 16.3. The van der Waals surface area contributed by atoms with Gasteiger partial charge < -0.3 is 20.4 Å². The molecular weight excluding hydrogens is 348 g/mol. The van der Waals surface area contributed by atoms with Crippen LogP contribution in [0.25, 0.3) is 11.6 Å². The maximum atomic E-state index is 11.5. The van der Waals surface area contributed by atoms with Crippen LogP contribution in [0.15, 0.2) is 27.8 Å².